The van der Waals surface area contributed by atoms with Gasteiger partial charge in [0.05, 0.1) is 18.8 Å². The second kappa shape index (κ2) is 16.3. The van der Waals surface area contributed by atoms with Crippen molar-refractivity contribution in [3.8, 4) is 5.75 Å². The van der Waals surface area contributed by atoms with Gasteiger partial charge in [-0.2, -0.15) is 0 Å². The van der Waals surface area contributed by atoms with Gasteiger partial charge in [-0.1, -0.05) is 31.9 Å². The Kier molecular flexibility index (Phi) is 12.9. The zero-order valence-corrected chi connectivity index (χ0v) is 24.6. The van der Waals surface area contributed by atoms with Gasteiger partial charge >= 0.3 is 0 Å². The number of aliphatic hydroxyl groups is 2. The molecule has 1 aliphatic heterocycles. The predicted molar refractivity (Wildman–Crippen MR) is 159 cm³/mol. The van der Waals surface area contributed by atoms with Crippen molar-refractivity contribution in [2.24, 2.45) is 22.4 Å². The van der Waals surface area contributed by atoms with Crippen molar-refractivity contribution in [2.45, 2.75) is 108 Å². The summed E-state index contributed by atoms with van der Waals surface area (Å²) in [4.78, 5) is 46.4. The van der Waals surface area contributed by atoms with E-state index >= 15 is 0 Å². The summed E-state index contributed by atoms with van der Waals surface area (Å²) in [5, 5.41) is 36.0. The summed E-state index contributed by atoms with van der Waals surface area (Å²) >= 11 is 0. The van der Waals surface area contributed by atoms with Crippen LogP contribution in [0.15, 0.2) is 29.3 Å². The maximum atomic E-state index is 14.3. The van der Waals surface area contributed by atoms with Gasteiger partial charge in [0.25, 0.3) is 0 Å². The van der Waals surface area contributed by atoms with Gasteiger partial charge in [0, 0.05) is 25.4 Å². The first-order valence-corrected chi connectivity index (χ1v) is 15.2. The molecule has 3 amide bonds. The molecule has 9 N–H and O–H groups in total. The number of aliphatic imine (C=N–C) groups is 1. The number of nitrogens with two attached hydrogens (primary N) is 2. The maximum absolute atomic E-state index is 14.3. The number of carbonyl (C=O) groups is 3. The average molecular weight is 589 g/mol. The van der Waals surface area contributed by atoms with E-state index in [0.717, 1.165) is 18.4 Å². The van der Waals surface area contributed by atoms with Crippen molar-refractivity contribution in [1.29, 1.82) is 0 Å². The highest BCUT2D eigenvalue weighted by molar-refractivity contribution is 5.93. The van der Waals surface area contributed by atoms with Crippen LogP contribution in [0.3, 0.4) is 0 Å². The molecule has 234 valence electrons. The summed E-state index contributed by atoms with van der Waals surface area (Å²) < 4.78 is 0. The molecule has 1 aromatic carbocycles. The van der Waals surface area contributed by atoms with E-state index in [-0.39, 0.29) is 54.4 Å². The van der Waals surface area contributed by atoms with E-state index in [0.29, 0.717) is 57.9 Å². The van der Waals surface area contributed by atoms with Gasteiger partial charge in [0.1, 0.15) is 17.8 Å². The van der Waals surface area contributed by atoms with E-state index in [1.807, 2.05) is 6.92 Å². The van der Waals surface area contributed by atoms with E-state index in [1.165, 1.54) is 12.1 Å². The number of carbonyl (C=O) groups excluding carboxylic acids is 3. The van der Waals surface area contributed by atoms with Gasteiger partial charge in [-0.25, -0.2) is 0 Å². The van der Waals surface area contributed by atoms with Crippen molar-refractivity contribution in [3.05, 3.63) is 29.8 Å². The normalized spacial score (nSPS) is 23.0. The average Bonchev–Trinajstić information content (AvgIpc) is 3.33. The molecular formula is C30H48N6O6. The maximum Gasteiger partial charge on any atom is 0.246 e. The Hall–Kier alpha value is -3.38. The quantitative estimate of drug-likeness (QED) is 0.0879. The summed E-state index contributed by atoms with van der Waals surface area (Å²) in [6.45, 7) is 2.13. The van der Waals surface area contributed by atoms with E-state index in [4.69, 9.17) is 11.5 Å². The number of unbranched alkanes of at least 4 members (excludes halogenated alkanes) is 2. The van der Waals surface area contributed by atoms with Crippen LogP contribution in [0.2, 0.25) is 0 Å². The number of phenols is 1. The molecule has 1 saturated carbocycles. The van der Waals surface area contributed by atoms with Crippen LogP contribution in [0.1, 0.15) is 76.7 Å². The van der Waals surface area contributed by atoms with Gasteiger partial charge in [-0.3, -0.25) is 19.4 Å². The number of likely N-dealkylation sites (tertiary alicyclic amines) is 1. The number of guanidine groups is 1. The number of amides is 3. The minimum atomic E-state index is -0.926. The van der Waals surface area contributed by atoms with Gasteiger partial charge in [-0.05, 0) is 68.6 Å². The Morgan fingerprint density at radius 2 is 1.81 bits per heavy atom. The third-order valence-electron chi connectivity index (χ3n) is 8.29. The predicted octanol–water partition coefficient (Wildman–Crippen LogP) is 0.661. The van der Waals surface area contributed by atoms with Gasteiger partial charge in [-0.15, -0.1) is 0 Å². The molecule has 2 aliphatic rings. The number of nitrogens with one attached hydrogen (secondary N) is 2. The zero-order valence-electron chi connectivity index (χ0n) is 24.6. The number of aliphatic hydroxyl groups excluding tert-OH is 2. The molecule has 0 bridgehead atoms. The summed E-state index contributed by atoms with van der Waals surface area (Å²) in [5.41, 5.74) is 11.5. The van der Waals surface area contributed by atoms with E-state index < -0.39 is 24.2 Å². The lowest BCUT2D eigenvalue weighted by atomic mass is 9.83. The largest absolute Gasteiger partial charge is 0.508 e. The van der Waals surface area contributed by atoms with Crippen molar-refractivity contribution in [1.82, 2.24) is 15.5 Å². The molecule has 2 fully saturated rings. The minimum absolute atomic E-state index is 0.0243. The number of aromatic hydroxyl groups is 1. The molecule has 1 saturated heterocycles. The summed E-state index contributed by atoms with van der Waals surface area (Å²) in [6, 6.07) is 3.86. The van der Waals surface area contributed by atoms with Crippen molar-refractivity contribution in [3.63, 3.8) is 0 Å². The summed E-state index contributed by atoms with van der Waals surface area (Å²) in [5.74, 6) is -0.868. The Labute approximate surface area is 247 Å². The van der Waals surface area contributed by atoms with E-state index in [2.05, 4.69) is 15.6 Å². The number of hydrogen-bond acceptors (Lipinski definition) is 7. The molecule has 12 heteroatoms. The first-order chi connectivity index (χ1) is 20.1. The Morgan fingerprint density at radius 3 is 2.48 bits per heavy atom. The van der Waals surface area contributed by atoms with E-state index in [9.17, 15) is 29.7 Å². The third-order valence-corrected chi connectivity index (χ3v) is 8.29. The fourth-order valence-electron chi connectivity index (χ4n) is 6.09. The fraction of sp³-hybridized carbons (Fsp3) is 0.667. The van der Waals surface area contributed by atoms with Crippen LogP contribution in [-0.2, 0) is 20.8 Å². The van der Waals surface area contributed by atoms with Gasteiger partial charge in [0.2, 0.25) is 17.7 Å². The third kappa shape index (κ3) is 9.59. The molecule has 1 heterocycles. The van der Waals surface area contributed by atoms with Crippen molar-refractivity contribution >= 4 is 23.7 Å². The first-order valence-electron chi connectivity index (χ1n) is 15.2. The molecule has 42 heavy (non-hydrogen) atoms. The smallest absolute Gasteiger partial charge is 0.246 e. The van der Waals surface area contributed by atoms with E-state index in [1.54, 1.807) is 17.0 Å². The lowest BCUT2D eigenvalue weighted by Crippen LogP contribution is -2.58. The second-order valence-electron chi connectivity index (χ2n) is 11.6. The molecular weight excluding hydrogens is 540 g/mol. The number of fused-ring (bicyclic) bond motifs is 1. The van der Waals surface area contributed by atoms with Crippen LogP contribution in [0.25, 0.3) is 0 Å². The highest BCUT2D eigenvalue weighted by Crippen LogP contribution is 2.40. The molecule has 3 rings (SSSR count). The number of hydrogen-bond donors (Lipinski definition) is 7. The zero-order chi connectivity index (χ0) is 30.6. The Bertz CT molecular complexity index is 1060. The highest BCUT2D eigenvalue weighted by atomic mass is 16.3. The van der Waals surface area contributed by atoms with Crippen LogP contribution in [0.4, 0.5) is 0 Å². The Balaban J connectivity index is 1.83. The van der Waals surface area contributed by atoms with Crippen LogP contribution < -0.4 is 22.1 Å². The Morgan fingerprint density at radius 1 is 1.07 bits per heavy atom. The molecule has 1 aliphatic carbocycles. The number of rotatable bonds is 15. The topological polar surface area (TPSA) is 204 Å². The van der Waals surface area contributed by atoms with Crippen molar-refractivity contribution in [2.75, 3.05) is 13.2 Å². The highest BCUT2D eigenvalue weighted by Gasteiger charge is 2.50. The first kappa shape index (κ1) is 33.1. The molecule has 12 nitrogen and oxygen atoms in total. The minimum Gasteiger partial charge on any atom is -0.508 e. The molecule has 1 aromatic rings. The molecule has 6 atom stereocenters. The number of benzene rings is 1. The lowest BCUT2D eigenvalue weighted by Gasteiger charge is -2.37. The fourth-order valence-corrected chi connectivity index (χ4v) is 6.09. The standard InChI is InChI=1S/C30H48N6O6/c1-2-3-4-7-27(40)35-24(15-19-8-11-22(38)12-9-19)29(42)36-25-17-23(39)13-10-20(25)16-26(36)28(41)34-21(18-37)6-5-14-33-30(31)32/h8-9,11-12,20-21,23-26,37-39H,2-7,10,13-18H2,1H3,(H,34,41)(H,35,40)(H4,31,32,33)/t20-,21?,23?,24-,25-,26-/m0/s1. The van der Waals surface area contributed by atoms with Crippen molar-refractivity contribution < 1.29 is 29.7 Å². The number of nitrogens with zero attached hydrogens (tertiary/aromatic N) is 2. The van der Waals surface area contributed by atoms with Gasteiger partial charge < -0.3 is 42.3 Å². The molecule has 2 unspecified atom stereocenters. The summed E-state index contributed by atoms with van der Waals surface area (Å²) in [6.07, 6.45) is 5.56. The second-order valence-corrected chi connectivity index (χ2v) is 11.6. The SMILES string of the molecule is CCCCCC(=O)N[C@@H](Cc1ccc(O)cc1)C(=O)N1[C@H](C(=O)NC(CO)CCCN=C(N)N)C[C@@H]2CCC(O)C[C@@H]21. The molecule has 0 aromatic heterocycles. The van der Waals surface area contributed by atoms with Gasteiger partial charge in [0.15, 0.2) is 5.96 Å². The number of phenolic OH excluding ortho intramolecular Hbond substituents is 1. The molecule has 0 radical (unpaired) electrons. The van der Waals surface area contributed by atoms with Crippen LogP contribution in [0, 0.1) is 5.92 Å². The van der Waals surface area contributed by atoms with Crippen LogP contribution in [-0.4, -0.2) is 87.3 Å². The monoisotopic (exact) mass is 588 g/mol. The molecule has 0 spiro atoms. The van der Waals surface area contributed by atoms with Crippen LogP contribution >= 0.6 is 0 Å². The summed E-state index contributed by atoms with van der Waals surface area (Å²) in [7, 11) is 0. The lowest BCUT2D eigenvalue weighted by molar-refractivity contribution is -0.144. The van der Waals surface area contributed by atoms with Crippen LogP contribution in [0.5, 0.6) is 5.75 Å².